The highest BCUT2D eigenvalue weighted by atomic mass is 32.1. The summed E-state index contributed by atoms with van der Waals surface area (Å²) in [5.74, 6) is -1.81. The van der Waals surface area contributed by atoms with E-state index in [0.717, 1.165) is 11.0 Å². The fourth-order valence-electron chi connectivity index (χ4n) is 4.58. The number of likely N-dealkylation sites (N-methyl/N-ethyl adjacent to an activating group) is 1. The summed E-state index contributed by atoms with van der Waals surface area (Å²) in [5.41, 5.74) is 2.43. The lowest BCUT2D eigenvalue weighted by Crippen LogP contribution is -2.36. The maximum absolute atomic E-state index is 13.9. The molecule has 1 unspecified atom stereocenters. The lowest BCUT2D eigenvalue weighted by Gasteiger charge is -2.27. The largest absolute Gasteiger partial charge is 0.503 e. The molecule has 0 spiro atoms. The molecule has 36 heavy (non-hydrogen) atoms. The Morgan fingerprint density at radius 3 is 2.69 bits per heavy atom. The number of hydrogen-bond acceptors (Lipinski definition) is 8. The van der Waals surface area contributed by atoms with Crippen LogP contribution in [0, 0.1) is 17.0 Å². The minimum Gasteiger partial charge on any atom is -0.503 e. The minimum absolute atomic E-state index is 0.0869. The topological polar surface area (TPSA) is 121 Å². The monoisotopic (exact) mass is 505 g/mol. The Labute approximate surface area is 209 Å². The van der Waals surface area contributed by atoms with Crippen LogP contribution in [0.3, 0.4) is 0 Å². The number of thiazole rings is 1. The smallest absolute Gasteiger partial charge is 0.290 e. The second-order valence-electron chi connectivity index (χ2n) is 8.88. The predicted octanol–water partition coefficient (Wildman–Crippen LogP) is 3.91. The summed E-state index contributed by atoms with van der Waals surface area (Å²) < 4.78 is 1.88. The van der Waals surface area contributed by atoms with Gasteiger partial charge in [-0.3, -0.25) is 24.1 Å². The van der Waals surface area contributed by atoms with Gasteiger partial charge in [-0.05, 0) is 38.7 Å². The molecule has 184 valence electrons. The average Bonchev–Trinajstić information content (AvgIpc) is 3.46. The van der Waals surface area contributed by atoms with Crippen molar-refractivity contribution in [3.05, 3.63) is 86.1 Å². The van der Waals surface area contributed by atoms with Gasteiger partial charge in [-0.2, -0.15) is 0 Å². The Morgan fingerprint density at radius 1 is 1.22 bits per heavy atom. The highest BCUT2D eigenvalue weighted by Gasteiger charge is 2.44. The number of para-hydroxylation sites is 2. The molecule has 0 bridgehead atoms. The molecule has 0 fully saturated rings. The summed E-state index contributed by atoms with van der Waals surface area (Å²) >= 11 is 1.18. The van der Waals surface area contributed by atoms with Crippen molar-refractivity contribution in [2.75, 3.05) is 27.2 Å². The van der Waals surface area contributed by atoms with Crippen molar-refractivity contribution in [1.29, 1.82) is 0 Å². The number of carbonyl (C=O) groups excluding carboxylic acids is 2. The van der Waals surface area contributed by atoms with Crippen LogP contribution in [0.15, 0.2) is 59.9 Å². The number of aliphatic hydroxyl groups excluding tert-OH is 1. The zero-order chi connectivity index (χ0) is 25.7. The van der Waals surface area contributed by atoms with E-state index in [-0.39, 0.29) is 17.8 Å². The van der Waals surface area contributed by atoms with E-state index in [4.69, 9.17) is 0 Å². The zero-order valence-corrected chi connectivity index (χ0v) is 20.7. The van der Waals surface area contributed by atoms with Gasteiger partial charge in [-0.25, -0.2) is 4.98 Å². The van der Waals surface area contributed by atoms with Crippen LogP contribution in [0.25, 0.3) is 16.0 Å². The molecule has 2 aromatic carbocycles. The number of imidazole rings is 1. The molecule has 0 saturated heterocycles. The Balaban J connectivity index is 1.64. The molecule has 0 aliphatic carbocycles. The Hall–Kier alpha value is -4.09. The maximum Gasteiger partial charge on any atom is 0.290 e. The van der Waals surface area contributed by atoms with Gasteiger partial charge in [0.1, 0.15) is 0 Å². The molecule has 4 aromatic rings. The number of ketones is 1. The number of hydrogen-bond donors (Lipinski definition) is 1. The second kappa shape index (κ2) is 8.85. The number of aliphatic hydroxyl groups is 1. The van der Waals surface area contributed by atoms with Crippen LogP contribution in [0.1, 0.15) is 27.0 Å². The SMILES string of the molecule is Cc1c(C(=O)C2=C(O)C(=O)N(CCN(C)C)C2c2cccc([N+](=O)[O-])c2)sc2nc3ccccc3n12. The lowest BCUT2D eigenvalue weighted by molar-refractivity contribution is -0.384. The highest BCUT2D eigenvalue weighted by Crippen LogP contribution is 2.41. The first-order valence-corrected chi connectivity index (χ1v) is 12.0. The van der Waals surface area contributed by atoms with Crippen LogP contribution < -0.4 is 0 Å². The van der Waals surface area contributed by atoms with Crippen molar-refractivity contribution in [3.8, 4) is 0 Å². The van der Waals surface area contributed by atoms with E-state index < -0.39 is 28.4 Å². The van der Waals surface area contributed by atoms with Crippen LogP contribution >= 0.6 is 11.3 Å². The van der Waals surface area contributed by atoms with Gasteiger partial charge < -0.3 is 14.9 Å². The number of carbonyl (C=O) groups is 2. The minimum atomic E-state index is -0.963. The third-order valence-corrected chi connectivity index (χ3v) is 7.47. The van der Waals surface area contributed by atoms with Gasteiger partial charge in [0, 0.05) is 30.9 Å². The number of nitro benzene ring substituents is 1. The number of aromatic nitrogens is 2. The van der Waals surface area contributed by atoms with Crippen molar-refractivity contribution < 1.29 is 19.6 Å². The van der Waals surface area contributed by atoms with E-state index in [2.05, 4.69) is 4.98 Å². The van der Waals surface area contributed by atoms with Crippen LogP contribution in [-0.4, -0.2) is 68.1 Å². The molecule has 1 atom stereocenters. The van der Waals surface area contributed by atoms with Gasteiger partial charge in [0.15, 0.2) is 10.7 Å². The van der Waals surface area contributed by atoms with E-state index in [0.29, 0.717) is 27.6 Å². The standard InChI is InChI=1S/C25H23N5O5S/c1-14-23(36-25-26-17-9-4-5-10-18(17)29(14)25)21(31)19-20(15-7-6-8-16(13-15)30(34)35)28(12-11-27(2)3)24(33)22(19)32/h4-10,13,20,32H,11-12H2,1-3H3. The molecule has 2 aromatic heterocycles. The van der Waals surface area contributed by atoms with Gasteiger partial charge in [-0.1, -0.05) is 35.6 Å². The molecular weight excluding hydrogens is 482 g/mol. The number of nitro groups is 1. The summed E-state index contributed by atoms with van der Waals surface area (Å²) in [6.07, 6.45) is 0. The van der Waals surface area contributed by atoms with Crippen LogP contribution in [0.5, 0.6) is 0 Å². The quantitative estimate of drug-likeness (QED) is 0.230. The molecule has 1 aliphatic rings. The summed E-state index contributed by atoms with van der Waals surface area (Å²) in [6.45, 7) is 2.49. The Bertz CT molecular complexity index is 1580. The molecule has 11 heteroatoms. The molecule has 10 nitrogen and oxygen atoms in total. The molecule has 1 amide bonds. The summed E-state index contributed by atoms with van der Waals surface area (Å²) in [4.78, 5) is 46.8. The van der Waals surface area contributed by atoms with Gasteiger partial charge >= 0.3 is 0 Å². The Morgan fingerprint density at radius 2 is 1.97 bits per heavy atom. The van der Waals surface area contributed by atoms with E-state index >= 15 is 0 Å². The first-order valence-electron chi connectivity index (χ1n) is 11.2. The van der Waals surface area contributed by atoms with Crippen molar-refractivity contribution in [2.24, 2.45) is 0 Å². The summed E-state index contributed by atoms with van der Waals surface area (Å²) in [6, 6.07) is 12.4. The maximum atomic E-state index is 13.9. The number of nitrogens with zero attached hydrogens (tertiary/aromatic N) is 5. The average molecular weight is 506 g/mol. The number of aryl methyl sites for hydroxylation is 1. The normalized spacial score (nSPS) is 16.2. The van der Waals surface area contributed by atoms with Gasteiger partial charge in [0.2, 0.25) is 5.78 Å². The Kier molecular flexibility index (Phi) is 5.81. The molecular formula is C25H23N5O5S. The zero-order valence-electron chi connectivity index (χ0n) is 19.8. The van der Waals surface area contributed by atoms with Crippen molar-refractivity contribution in [1.82, 2.24) is 19.2 Å². The highest BCUT2D eigenvalue weighted by molar-refractivity contribution is 7.19. The fourth-order valence-corrected chi connectivity index (χ4v) is 5.67. The van der Waals surface area contributed by atoms with E-state index in [9.17, 15) is 24.8 Å². The number of benzene rings is 2. The molecule has 1 N–H and O–H groups in total. The van der Waals surface area contributed by atoms with E-state index in [1.807, 2.05) is 47.7 Å². The molecule has 5 rings (SSSR count). The number of non-ortho nitro benzene ring substituents is 1. The first kappa shape index (κ1) is 23.6. The van der Waals surface area contributed by atoms with Gasteiger partial charge in [-0.15, -0.1) is 0 Å². The number of amides is 1. The van der Waals surface area contributed by atoms with Crippen LogP contribution in [0.2, 0.25) is 0 Å². The predicted molar refractivity (Wildman–Crippen MR) is 135 cm³/mol. The van der Waals surface area contributed by atoms with Crippen molar-refractivity contribution in [3.63, 3.8) is 0 Å². The second-order valence-corrected chi connectivity index (χ2v) is 9.86. The molecule has 3 heterocycles. The lowest BCUT2D eigenvalue weighted by atomic mass is 9.94. The number of Topliss-reactive ketones (excluding diaryl/α,β-unsaturated/α-hetero) is 1. The summed E-state index contributed by atoms with van der Waals surface area (Å²) in [5, 5.41) is 22.4. The third-order valence-electron chi connectivity index (χ3n) is 6.33. The van der Waals surface area contributed by atoms with E-state index in [1.165, 1.54) is 34.4 Å². The third kappa shape index (κ3) is 3.73. The fraction of sp³-hybridized carbons (Fsp3) is 0.240. The molecule has 1 aliphatic heterocycles. The van der Waals surface area contributed by atoms with Crippen LogP contribution in [-0.2, 0) is 4.79 Å². The number of fused-ring (bicyclic) bond motifs is 3. The first-order chi connectivity index (χ1) is 17.2. The van der Waals surface area contributed by atoms with Crippen LogP contribution in [0.4, 0.5) is 5.69 Å². The van der Waals surface area contributed by atoms with Crippen molar-refractivity contribution >= 4 is 44.7 Å². The number of rotatable bonds is 7. The van der Waals surface area contributed by atoms with Gasteiger partial charge in [0.05, 0.1) is 32.4 Å². The molecule has 0 saturated carbocycles. The van der Waals surface area contributed by atoms with Gasteiger partial charge in [0.25, 0.3) is 11.6 Å². The summed E-state index contributed by atoms with van der Waals surface area (Å²) in [7, 11) is 3.69. The van der Waals surface area contributed by atoms with Crippen molar-refractivity contribution in [2.45, 2.75) is 13.0 Å². The molecule has 0 radical (unpaired) electrons. The van der Waals surface area contributed by atoms with E-state index in [1.54, 1.807) is 13.0 Å².